The van der Waals surface area contributed by atoms with E-state index in [1.807, 2.05) is 49.4 Å². The Morgan fingerprint density at radius 2 is 2.00 bits per heavy atom. The number of nitrogens with zero attached hydrogens (tertiary/aromatic N) is 2. The molecule has 0 fully saturated rings. The van der Waals surface area contributed by atoms with Crippen molar-refractivity contribution in [1.82, 2.24) is 14.9 Å². The van der Waals surface area contributed by atoms with Crippen LogP contribution in [0.5, 0.6) is 0 Å². The molecule has 0 saturated carbocycles. The first kappa shape index (κ1) is 19.2. The van der Waals surface area contributed by atoms with Gasteiger partial charge in [0.1, 0.15) is 5.82 Å². The van der Waals surface area contributed by atoms with Crippen molar-refractivity contribution in [3.63, 3.8) is 0 Å². The molecule has 1 atom stereocenters. The van der Waals surface area contributed by atoms with E-state index in [-0.39, 0.29) is 17.7 Å². The minimum absolute atomic E-state index is 0.00358. The van der Waals surface area contributed by atoms with Crippen LogP contribution in [0.2, 0.25) is 0 Å². The maximum Gasteiger partial charge on any atom is 0.227 e. The zero-order valence-corrected chi connectivity index (χ0v) is 16.6. The summed E-state index contributed by atoms with van der Waals surface area (Å²) < 4.78 is 2.19. The van der Waals surface area contributed by atoms with Gasteiger partial charge in [-0.15, -0.1) is 0 Å². The van der Waals surface area contributed by atoms with Crippen LogP contribution in [0.4, 0.5) is 5.69 Å². The number of amides is 2. The van der Waals surface area contributed by atoms with Crippen molar-refractivity contribution in [2.45, 2.75) is 39.2 Å². The number of imidazole rings is 1. The smallest absolute Gasteiger partial charge is 0.227 e. The topological polar surface area (TPSA) is 76.0 Å². The highest BCUT2D eigenvalue weighted by Crippen LogP contribution is 2.27. The van der Waals surface area contributed by atoms with Gasteiger partial charge in [-0.05, 0) is 49.9 Å². The van der Waals surface area contributed by atoms with Gasteiger partial charge in [0.05, 0.1) is 11.0 Å². The zero-order chi connectivity index (χ0) is 20.2. The molecule has 0 bridgehead atoms. The van der Waals surface area contributed by atoms with E-state index in [4.69, 9.17) is 0 Å². The van der Waals surface area contributed by atoms with Crippen molar-refractivity contribution in [3.05, 3.63) is 59.9 Å². The Balaban J connectivity index is 1.22. The van der Waals surface area contributed by atoms with E-state index in [0.717, 1.165) is 41.1 Å². The molecule has 0 unspecified atom stereocenters. The number of hydrogen-bond donors (Lipinski definition) is 2. The van der Waals surface area contributed by atoms with Gasteiger partial charge in [-0.1, -0.05) is 30.3 Å². The minimum atomic E-state index is -0.143. The Hall–Kier alpha value is -3.15. The van der Waals surface area contributed by atoms with Gasteiger partial charge in [0.15, 0.2) is 0 Å². The van der Waals surface area contributed by atoms with E-state index >= 15 is 0 Å². The third-order valence-electron chi connectivity index (χ3n) is 5.56. The van der Waals surface area contributed by atoms with Gasteiger partial charge in [0.2, 0.25) is 11.8 Å². The summed E-state index contributed by atoms with van der Waals surface area (Å²) in [6, 6.07) is 15.9. The maximum absolute atomic E-state index is 12.2. The highest BCUT2D eigenvalue weighted by Gasteiger charge is 2.26. The molecule has 0 saturated heterocycles. The average Bonchev–Trinajstić information content (AvgIpc) is 3.04. The summed E-state index contributed by atoms with van der Waals surface area (Å²) in [5, 5.41) is 5.92. The number of rotatable bonds is 7. The first-order valence-electron chi connectivity index (χ1n) is 10.2. The molecule has 1 aliphatic rings. The lowest BCUT2D eigenvalue weighted by atomic mass is 9.89. The minimum Gasteiger partial charge on any atom is -0.356 e. The van der Waals surface area contributed by atoms with E-state index in [9.17, 15) is 9.59 Å². The van der Waals surface area contributed by atoms with Gasteiger partial charge < -0.3 is 15.2 Å². The van der Waals surface area contributed by atoms with Crippen LogP contribution < -0.4 is 10.6 Å². The molecule has 6 nitrogen and oxygen atoms in total. The molecule has 4 rings (SSSR count). The summed E-state index contributed by atoms with van der Waals surface area (Å²) in [7, 11) is 0. The van der Waals surface area contributed by atoms with Crippen molar-refractivity contribution in [2.75, 3.05) is 11.9 Å². The van der Waals surface area contributed by atoms with Gasteiger partial charge in [-0.2, -0.15) is 0 Å². The third-order valence-corrected chi connectivity index (χ3v) is 5.56. The summed E-state index contributed by atoms with van der Waals surface area (Å²) in [6.45, 7) is 3.44. The normalized spacial score (nSPS) is 15.8. The largest absolute Gasteiger partial charge is 0.356 e. The molecule has 2 heterocycles. The van der Waals surface area contributed by atoms with Crippen LogP contribution in [-0.2, 0) is 22.6 Å². The van der Waals surface area contributed by atoms with Gasteiger partial charge in [0.25, 0.3) is 0 Å². The average molecular weight is 390 g/mol. The second-order valence-electron chi connectivity index (χ2n) is 7.59. The number of nitrogens with one attached hydrogen (secondary N) is 2. The lowest BCUT2D eigenvalue weighted by Crippen LogP contribution is -2.32. The highest BCUT2D eigenvalue weighted by molar-refractivity contribution is 5.96. The number of carbonyl (C=O) groups is 2. The van der Waals surface area contributed by atoms with Crippen molar-refractivity contribution in [1.29, 1.82) is 0 Å². The molecule has 0 spiro atoms. The number of anilines is 1. The monoisotopic (exact) mass is 390 g/mol. The van der Waals surface area contributed by atoms with Crippen LogP contribution in [0.3, 0.4) is 0 Å². The summed E-state index contributed by atoms with van der Waals surface area (Å²) in [4.78, 5) is 29.0. The Morgan fingerprint density at radius 3 is 2.90 bits per heavy atom. The number of benzene rings is 2. The van der Waals surface area contributed by atoms with Crippen LogP contribution in [-0.4, -0.2) is 27.9 Å². The molecule has 1 aliphatic heterocycles. The first-order valence-corrected chi connectivity index (χ1v) is 10.2. The first-order chi connectivity index (χ1) is 14.1. The molecule has 3 aromatic rings. The zero-order valence-electron chi connectivity index (χ0n) is 16.6. The predicted octanol–water partition coefficient (Wildman–Crippen LogP) is 3.44. The van der Waals surface area contributed by atoms with Crippen molar-refractivity contribution >= 4 is 28.5 Å². The fourth-order valence-corrected chi connectivity index (χ4v) is 3.98. The number of fused-ring (bicyclic) bond motifs is 2. The Labute approximate surface area is 170 Å². The lowest BCUT2D eigenvalue weighted by Gasteiger charge is -2.24. The molecule has 6 heteroatoms. The highest BCUT2D eigenvalue weighted by atomic mass is 16.2. The number of para-hydroxylation sites is 3. The van der Waals surface area contributed by atoms with Crippen LogP contribution in [0.15, 0.2) is 48.5 Å². The van der Waals surface area contributed by atoms with Crippen molar-refractivity contribution in [3.8, 4) is 0 Å². The van der Waals surface area contributed by atoms with Crippen molar-refractivity contribution in [2.24, 2.45) is 5.92 Å². The maximum atomic E-state index is 12.2. The third kappa shape index (κ3) is 4.31. The molecule has 1 aromatic heterocycles. The Morgan fingerprint density at radius 1 is 1.21 bits per heavy atom. The van der Waals surface area contributed by atoms with Gasteiger partial charge in [-0.25, -0.2) is 4.98 Å². The second kappa shape index (κ2) is 8.47. The van der Waals surface area contributed by atoms with E-state index in [0.29, 0.717) is 25.8 Å². The number of hydrogen-bond acceptors (Lipinski definition) is 3. The summed E-state index contributed by atoms with van der Waals surface area (Å²) in [5.74, 6) is 0.861. The second-order valence-corrected chi connectivity index (χ2v) is 7.59. The van der Waals surface area contributed by atoms with Crippen molar-refractivity contribution < 1.29 is 9.59 Å². The summed E-state index contributed by atoms with van der Waals surface area (Å²) in [5.41, 5.74) is 4.15. The van der Waals surface area contributed by atoms with E-state index in [1.54, 1.807) is 0 Å². The Kier molecular flexibility index (Phi) is 5.60. The summed E-state index contributed by atoms with van der Waals surface area (Å²) in [6.07, 6.45) is 2.47. The fourth-order valence-electron chi connectivity index (χ4n) is 3.98. The number of carbonyl (C=O) groups excluding carboxylic acids is 2. The SMILES string of the molecule is Cc1nc2ccccc2n1CCCNC(=O)CC[C@H]1Cc2ccccc2NC1=O. The molecule has 29 heavy (non-hydrogen) atoms. The van der Waals surface area contributed by atoms with E-state index in [1.165, 1.54) is 0 Å². The molecule has 2 aromatic carbocycles. The van der Waals surface area contributed by atoms with E-state index in [2.05, 4.69) is 26.3 Å². The molecule has 2 amide bonds. The van der Waals surface area contributed by atoms with Gasteiger partial charge >= 0.3 is 0 Å². The molecule has 0 aliphatic carbocycles. The number of aryl methyl sites for hydroxylation is 2. The van der Waals surface area contributed by atoms with Gasteiger partial charge in [0, 0.05) is 31.1 Å². The molecular formula is C23H26N4O2. The number of aromatic nitrogens is 2. The summed E-state index contributed by atoms with van der Waals surface area (Å²) >= 11 is 0. The van der Waals surface area contributed by atoms with Crippen LogP contribution >= 0.6 is 0 Å². The predicted molar refractivity (Wildman–Crippen MR) is 114 cm³/mol. The Bertz CT molecular complexity index is 1040. The molecule has 0 radical (unpaired) electrons. The fraction of sp³-hybridized carbons (Fsp3) is 0.348. The van der Waals surface area contributed by atoms with Crippen LogP contribution in [0.1, 0.15) is 30.7 Å². The van der Waals surface area contributed by atoms with Crippen LogP contribution in [0, 0.1) is 12.8 Å². The standard InChI is InChI=1S/C23H26N4O2/c1-16-25-20-9-4-5-10-21(20)27(16)14-6-13-24-22(28)12-11-18-15-17-7-2-3-8-19(17)26-23(18)29/h2-5,7-10,18H,6,11-15H2,1H3,(H,24,28)(H,26,29)/t18-/m0/s1. The van der Waals surface area contributed by atoms with E-state index < -0.39 is 0 Å². The molecule has 150 valence electrons. The van der Waals surface area contributed by atoms with Crippen LogP contribution in [0.25, 0.3) is 11.0 Å². The quantitative estimate of drug-likeness (QED) is 0.607. The molecule has 2 N–H and O–H groups in total. The lowest BCUT2D eigenvalue weighted by molar-refractivity contribution is -0.122. The van der Waals surface area contributed by atoms with Gasteiger partial charge in [-0.3, -0.25) is 9.59 Å². The molecular weight excluding hydrogens is 364 g/mol.